The zero-order valence-electron chi connectivity index (χ0n) is 15.2. The van der Waals surface area contributed by atoms with Gasteiger partial charge in [-0.25, -0.2) is 4.98 Å². The molecule has 1 aromatic carbocycles. The maximum Gasteiger partial charge on any atom is 0.141 e. The standard InChI is InChI=1S/C17H19ClN4O2.4ClH/c1-23-15-9-16(24-2)13(18)8-12(15)14-10-22-6-3-11(20-5-4-19)7-17(22)21-14;;;;/h3,6-10,20H,4-5,19H2,1-2H3;4*1H. The Labute approximate surface area is 193 Å². The van der Waals surface area contributed by atoms with Crippen LogP contribution in [0.15, 0.2) is 36.7 Å². The molecule has 0 aliphatic rings. The van der Waals surface area contributed by atoms with Crippen LogP contribution in [-0.4, -0.2) is 36.7 Å². The van der Waals surface area contributed by atoms with E-state index in [-0.39, 0.29) is 49.6 Å². The number of nitrogens with two attached hydrogens (primary N) is 1. The van der Waals surface area contributed by atoms with Gasteiger partial charge >= 0.3 is 0 Å². The predicted molar refractivity (Wildman–Crippen MR) is 125 cm³/mol. The molecule has 0 aliphatic heterocycles. The minimum absolute atomic E-state index is 0. The lowest BCUT2D eigenvalue weighted by Crippen LogP contribution is -2.13. The Hall–Kier alpha value is -1.28. The van der Waals surface area contributed by atoms with Gasteiger partial charge in [-0.3, -0.25) is 0 Å². The van der Waals surface area contributed by atoms with Crippen LogP contribution in [0.5, 0.6) is 11.5 Å². The van der Waals surface area contributed by atoms with Gasteiger partial charge in [-0.05, 0) is 12.1 Å². The fourth-order valence-electron chi connectivity index (χ4n) is 2.50. The van der Waals surface area contributed by atoms with Crippen LogP contribution in [0.25, 0.3) is 16.9 Å². The van der Waals surface area contributed by atoms with Crippen molar-refractivity contribution >= 4 is 72.6 Å². The molecule has 0 amide bonds. The van der Waals surface area contributed by atoms with Gasteiger partial charge in [-0.15, -0.1) is 49.6 Å². The summed E-state index contributed by atoms with van der Waals surface area (Å²) in [7, 11) is 3.18. The molecule has 3 aromatic rings. The van der Waals surface area contributed by atoms with Crippen molar-refractivity contribution in [3.05, 3.63) is 41.7 Å². The van der Waals surface area contributed by atoms with E-state index in [2.05, 4.69) is 10.3 Å². The maximum absolute atomic E-state index is 6.25. The number of nitrogens with one attached hydrogen (secondary N) is 1. The number of methoxy groups -OCH3 is 2. The highest BCUT2D eigenvalue weighted by Gasteiger charge is 2.14. The summed E-state index contributed by atoms with van der Waals surface area (Å²) in [6, 6.07) is 7.51. The van der Waals surface area contributed by atoms with E-state index in [9.17, 15) is 0 Å². The Bertz CT molecular complexity index is 876. The Kier molecular flexibility index (Phi) is 13.5. The van der Waals surface area contributed by atoms with E-state index in [1.54, 1.807) is 26.4 Å². The van der Waals surface area contributed by atoms with Crippen LogP contribution in [0.1, 0.15) is 0 Å². The smallest absolute Gasteiger partial charge is 0.141 e. The molecule has 0 aliphatic carbocycles. The van der Waals surface area contributed by atoms with Gasteiger partial charge in [-0.2, -0.15) is 0 Å². The Balaban J connectivity index is 0. The van der Waals surface area contributed by atoms with Crippen molar-refractivity contribution in [3.8, 4) is 22.8 Å². The van der Waals surface area contributed by atoms with Crippen LogP contribution in [-0.2, 0) is 0 Å². The zero-order valence-corrected chi connectivity index (χ0v) is 19.2. The quantitative estimate of drug-likeness (QED) is 0.520. The number of pyridine rings is 1. The number of hydrogen-bond acceptors (Lipinski definition) is 5. The summed E-state index contributed by atoms with van der Waals surface area (Å²) in [6.07, 6.45) is 3.88. The molecule has 0 atom stereocenters. The lowest BCUT2D eigenvalue weighted by atomic mass is 10.1. The van der Waals surface area contributed by atoms with Crippen LogP contribution in [0.3, 0.4) is 0 Å². The first-order chi connectivity index (χ1) is 11.7. The molecule has 0 bridgehead atoms. The van der Waals surface area contributed by atoms with Gasteiger partial charge < -0.3 is 24.9 Å². The highest BCUT2D eigenvalue weighted by Crippen LogP contribution is 2.38. The normalized spacial score (nSPS) is 9.29. The van der Waals surface area contributed by atoms with Crippen molar-refractivity contribution < 1.29 is 9.47 Å². The largest absolute Gasteiger partial charge is 0.496 e. The number of aromatic nitrogens is 2. The molecule has 0 radical (unpaired) electrons. The number of anilines is 1. The monoisotopic (exact) mass is 490 g/mol. The van der Waals surface area contributed by atoms with Crippen molar-refractivity contribution in [3.63, 3.8) is 0 Å². The summed E-state index contributed by atoms with van der Waals surface area (Å²) in [6.45, 7) is 1.29. The SMILES string of the molecule is COc1cc(OC)c(-c2cn3ccc(NCCN)cc3n2)cc1Cl.Cl.Cl.Cl.Cl. The average molecular weight is 493 g/mol. The molecule has 0 fully saturated rings. The van der Waals surface area contributed by atoms with Gasteiger partial charge in [0.05, 0.1) is 24.9 Å². The van der Waals surface area contributed by atoms with E-state index >= 15 is 0 Å². The lowest BCUT2D eigenvalue weighted by molar-refractivity contribution is 0.395. The second-order valence-electron chi connectivity index (χ2n) is 5.21. The van der Waals surface area contributed by atoms with Crippen LogP contribution in [0, 0.1) is 0 Å². The molecule has 11 heteroatoms. The number of fused-ring (bicyclic) bond motifs is 1. The highest BCUT2D eigenvalue weighted by molar-refractivity contribution is 6.32. The molecule has 0 spiro atoms. The molecular formula is C17H23Cl5N4O2. The van der Waals surface area contributed by atoms with Crippen LogP contribution in [0.4, 0.5) is 5.69 Å². The van der Waals surface area contributed by atoms with E-state index in [0.29, 0.717) is 29.6 Å². The second-order valence-corrected chi connectivity index (χ2v) is 5.62. The molecule has 2 heterocycles. The predicted octanol–water partition coefficient (Wildman–Crippen LogP) is 4.73. The van der Waals surface area contributed by atoms with Crippen molar-refractivity contribution in [1.29, 1.82) is 0 Å². The minimum Gasteiger partial charge on any atom is -0.496 e. The molecule has 158 valence electrons. The topological polar surface area (TPSA) is 73.8 Å². The van der Waals surface area contributed by atoms with E-state index < -0.39 is 0 Å². The molecular weight excluding hydrogens is 469 g/mol. The van der Waals surface area contributed by atoms with Crippen LogP contribution < -0.4 is 20.5 Å². The van der Waals surface area contributed by atoms with Gasteiger partial charge in [-0.1, -0.05) is 11.6 Å². The maximum atomic E-state index is 6.25. The summed E-state index contributed by atoms with van der Waals surface area (Å²) in [5, 5.41) is 3.75. The molecule has 6 nitrogen and oxygen atoms in total. The van der Waals surface area contributed by atoms with Gasteiger partial charge in [0.15, 0.2) is 0 Å². The summed E-state index contributed by atoms with van der Waals surface area (Å²) < 4.78 is 12.6. The Morgan fingerprint density at radius 3 is 2.36 bits per heavy atom. The van der Waals surface area contributed by atoms with Crippen LogP contribution >= 0.6 is 61.2 Å². The van der Waals surface area contributed by atoms with E-state index in [0.717, 1.165) is 22.6 Å². The minimum atomic E-state index is 0. The second kappa shape index (κ2) is 13.0. The molecule has 3 N–H and O–H groups in total. The first-order valence-electron chi connectivity index (χ1n) is 7.51. The van der Waals surface area contributed by atoms with Crippen LogP contribution in [0.2, 0.25) is 5.02 Å². The van der Waals surface area contributed by atoms with Crippen molar-refractivity contribution in [2.24, 2.45) is 5.73 Å². The van der Waals surface area contributed by atoms with E-state index in [4.69, 9.17) is 26.8 Å². The molecule has 0 unspecified atom stereocenters. The van der Waals surface area contributed by atoms with Gasteiger partial charge in [0.1, 0.15) is 17.1 Å². The van der Waals surface area contributed by atoms with E-state index in [1.165, 1.54) is 0 Å². The summed E-state index contributed by atoms with van der Waals surface area (Å²) >= 11 is 6.25. The first kappa shape index (κ1) is 28.9. The van der Waals surface area contributed by atoms with E-state index in [1.807, 2.05) is 28.9 Å². The third-order valence-corrected chi connectivity index (χ3v) is 3.98. The summed E-state index contributed by atoms with van der Waals surface area (Å²) in [5.41, 5.74) is 8.90. The number of benzene rings is 1. The Morgan fingerprint density at radius 1 is 1.07 bits per heavy atom. The third-order valence-electron chi connectivity index (χ3n) is 3.68. The van der Waals surface area contributed by atoms with Crippen molar-refractivity contribution in [2.75, 3.05) is 32.6 Å². The van der Waals surface area contributed by atoms with Crippen molar-refractivity contribution in [2.45, 2.75) is 0 Å². The van der Waals surface area contributed by atoms with Gasteiger partial charge in [0.25, 0.3) is 0 Å². The van der Waals surface area contributed by atoms with Gasteiger partial charge in [0, 0.05) is 48.9 Å². The summed E-state index contributed by atoms with van der Waals surface area (Å²) in [5.74, 6) is 1.22. The molecule has 3 rings (SSSR count). The molecule has 28 heavy (non-hydrogen) atoms. The molecule has 2 aromatic heterocycles. The Morgan fingerprint density at radius 2 is 1.75 bits per heavy atom. The summed E-state index contributed by atoms with van der Waals surface area (Å²) in [4.78, 5) is 4.67. The number of ether oxygens (including phenoxy) is 2. The number of halogens is 5. The average Bonchev–Trinajstić information content (AvgIpc) is 3.02. The fourth-order valence-corrected chi connectivity index (χ4v) is 2.74. The number of imidazole rings is 1. The first-order valence-corrected chi connectivity index (χ1v) is 7.88. The molecule has 0 saturated carbocycles. The molecule has 0 saturated heterocycles. The fraction of sp³-hybridized carbons (Fsp3) is 0.235. The highest BCUT2D eigenvalue weighted by atomic mass is 35.5. The third kappa shape index (κ3) is 6.11. The number of hydrogen-bond donors (Lipinski definition) is 2. The zero-order chi connectivity index (χ0) is 17.1. The lowest BCUT2D eigenvalue weighted by Gasteiger charge is -2.10. The van der Waals surface area contributed by atoms with Gasteiger partial charge in [0.2, 0.25) is 0 Å². The number of nitrogens with zero attached hydrogens (tertiary/aromatic N) is 2. The number of rotatable bonds is 6. The van der Waals surface area contributed by atoms with Crippen molar-refractivity contribution in [1.82, 2.24) is 9.38 Å².